The summed E-state index contributed by atoms with van der Waals surface area (Å²) in [6.07, 6.45) is 0. The fraction of sp³-hybridized carbons (Fsp3) is 0.136. The van der Waals surface area contributed by atoms with E-state index < -0.39 is 10.0 Å². The van der Waals surface area contributed by atoms with Crippen molar-refractivity contribution in [2.24, 2.45) is 0 Å². The van der Waals surface area contributed by atoms with Gasteiger partial charge in [-0.1, -0.05) is 37.3 Å². The van der Waals surface area contributed by atoms with Crippen LogP contribution in [-0.4, -0.2) is 27.1 Å². The zero-order chi connectivity index (χ0) is 20.9. The van der Waals surface area contributed by atoms with E-state index in [4.69, 9.17) is 0 Å². The van der Waals surface area contributed by atoms with Gasteiger partial charge in [-0.15, -0.1) is 11.8 Å². The van der Waals surface area contributed by atoms with Gasteiger partial charge in [0.2, 0.25) is 0 Å². The number of nitrogens with zero attached hydrogens (tertiary/aromatic N) is 1. The highest BCUT2D eigenvalue weighted by Gasteiger charge is 2.21. The van der Waals surface area contributed by atoms with Crippen LogP contribution in [0.3, 0.4) is 0 Å². The minimum atomic E-state index is -3.66. The van der Waals surface area contributed by atoms with Gasteiger partial charge >= 0.3 is 0 Å². The molecular formula is C22H22N2O3S2. The summed E-state index contributed by atoms with van der Waals surface area (Å²) < 4.78 is 26.7. The van der Waals surface area contributed by atoms with E-state index in [1.165, 1.54) is 11.4 Å². The van der Waals surface area contributed by atoms with Crippen molar-refractivity contribution in [2.45, 2.75) is 16.7 Å². The van der Waals surface area contributed by atoms with Crippen molar-refractivity contribution in [1.29, 1.82) is 0 Å². The molecule has 0 aliphatic rings. The molecule has 3 aromatic carbocycles. The normalized spacial score (nSPS) is 11.1. The van der Waals surface area contributed by atoms with Crippen molar-refractivity contribution in [2.75, 3.05) is 22.4 Å². The lowest BCUT2D eigenvalue weighted by Gasteiger charge is -2.19. The van der Waals surface area contributed by atoms with E-state index in [-0.39, 0.29) is 10.8 Å². The maximum absolute atomic E-state index is 12.7. The van der Waals surface area contributed by atoms with Gasteiger partial charge < -0.3 is 5.32 Å². The minimum absolute atomic E-state index is 0.217. The molecule has 0 heterocycles. The Morgan fingerprint density at radius 2 is 1.55 bits per heavy atom. The van der Waals surface area contributed by atoms with E-state index >= 15 is 0 Å². The summed E-state index contributed by atoms with van der Waals surface area (Å²) in [5.74, 6) is 0.665. The number of hydrogen-bond acceptors (Lipinski definition) is 4. The van der Waals surface area contributed by atoms with E-state index in [0.717, 1.165) is 16.3 Å². The molecule has 3 rings (SSSR count). The molecule has 0 aromatic heterocycles. The van der Waals surface area contributed by atoms with Crippen molar-refractivity contribution < 1.29 is 13.2 Å². The Kier molecular flexibility index (Phi) is 6.61. The first-order chi connectivity index (χ1) is 13.9. The molecule has 1 amide bonds. The van der Waals surface area contributed by atoms with Crippen LogP contribution < -0.4 is 9.62 Å². The molecule has 0 bridgehead atoms. The zero-order valence-electron chi connectivity index (χ0n) is 16.2. The van der Waals surface area contributed by atoms with E-state index in [1.54, 1.807) is 66.4 Å². The van der Waals surface area contributed by atoms with Crippen LogP contribution in [0.4, 0.5) is 11.4 Å². The Labute approximate surface area is 175 Å². The molecule has 0 aliphatic heterocycles. The summed E-state index contributed by atoms with van der Waals surface area (Å²) in [4.78, 5) is 13.8. The van der Waals surface area contributed by atoms with E-state index in [0.29, 0.717) is 11.3 Å². The Bertz CT molecular complexity index is 1080. The molecule has 0 saturated heterocycles. The van der Waals surface area contributed by atoms with Crippen molar-refractivity contribution in [3.63, 3.8) is 0 Å². The predicted molar refractivity (Wildman–Crippen MR) is 119 cm³/mol. The van der Waals surface area contributed by atoms with Gasteiger partial charge in [0.1, 0.15) is 0 Å². The minimum Gasteiger partial charge on any atom is -0.321 e. The highest BCUT2D eigenvalue weighted by molar-refractivity contribution is 7.99. The molecule has 3 aromatic rings. The second-order valence-corrected chi connectivity index (χ2v) is 9.49. The molecule has 5 nitrogen and oxygen atoms in total. The van der Waals surface area contributed by atoms with E-state index in [9.17, 15) is 13.2 Å². The molecule has 0 aliphatic carbocycles. The first kappa shape index (κ1) is 21.0. The van der Waals surface area contributed by atoms with Gasteiger partial charge in [-0.3, -0.25) is 9.10 Å². The van der Waals surface area contributed by atoms with E-state index in [1.807, 2.05) is 24.3 Å². The van der Waals surface area contributed by atoms with Crippen LogP contribution in [0.1, 0.15) is 17.3 Å². The number of carbonyl (C=O) groups excluding carboxylic acids is 1. The summed E-state index contributed by atoms with van der Waals surface area (Å²) in [6.45, 7) is 2.06. The standard InChI is InChI=1S/C22H22N2O3S2/c1-3-28-21-12-8-7-11-20(21)23-22(25)17-13-15-18(16-14-17)24(2)29(26,27)19-9-5-4-6-10-19/h4-16H,3H2,1-2H3,(H,23,25). The first-order valence-electron chi connectivity index (χ1n) is 9.10. The lowest BCUT2D eigenvalue weighted by atomic mass is 10.2. The van der Waals surface area contributed by atoms with Crippen LogP contribution >= 0.6 is 11.8 Å². The fourth-order valence-electron chi connectivity index (χ4n) is 2.76. The van der Waals surface area contributed by atoms with Crippen LogP contribution in [0, 0.1) is 0 Å². The molecule has 1 N–H and O–H groups in total. The topological polar surface area (TPSA) is 66.5 Å². The molecule has 0 spiro atoms. The average Bonchev–Trinajstić information content (AvgIpc) is 2.75. The molecule has 7 heteroatoms. The van der Waals surface area contributed by atoms with Crippen LogP contribution in [0.25, 0.3) is 0 Å². The Morgan fingerprint density at radius 1 is 0.931 bits per heavy atom. The number of anilines is 2. The number of thioether (sulfide) groups is 1. The summed E-state index contributed by atoms with van der Waals surface area (Å²) in [6, 6.07) is 22.4. The Morgan fingerprint density at radius 3 is 2.21 bits per heavy atom. The third-order valence-corrected chi connectivity index (χ3v) is 7.09. The maximum Gasteiger partial charge on any atom is 0.264 e. The van der Waals surface area contributed by atoms with Gasteiger partial charge in [-0.25, -0.2) is 8.42 Å². The highest BCUT2D eigenvalue weighted by atomic mass is 32.2. The predicted octanol–water partition coefficient (Wildman–Crippen LogP) is 4.88. The lowest BCUT2D eigenvalue weighted by Crippen LogP contribution is -2.26. The zero-order valence-corrected chi connectivity index (χ0v) is 17.8. The molecular weight excluding hydrogens is 404 g/mol. The van der Waals surface area contributed by atoms with Crippen LogP contribution in [0.15, 0.2) is 88.7 Å². The average molecular weight is 427 g/mol. The third kappa shape index (κ3) is 4.81. The number of hydrogen-bond donors (Lipinski definition) is 1. The first-order valence-corrected chi connectivity index (χ1v) is 11.5. The second-order valence-electron chi connectivity index (χ2n) is 6.22. The SMILES string of the molecule is CCSc1ccccc1NC(=O)c1ccc(N(C)S(=O)(=O)c2ccccc2)cc1. The number of carbonyl (C=O) groups is 1. The molecule has 29 heavy (non-hydrogen) atoms. The summed E-state index contributed by atoms with van der Waals surface area (Å²) in [5, 5.41) is 2.92. The Balaban J connectivity index is 1.77. The van der Waals surface area contributed by atoms with Crippen LogP contribution in [-0.2, 0) is 10.0 Å². The van der Waals surface area contributed by atoms with Crippen molar-refractivity contribution in [3.05, 3.63) is 84.4 Å². The van der Waals surface area contributed by atoms with Crippen LogP contribution in [0.5, 0.6) is 0 Å². The van der Waals surface area contributed by atoms with Crippen LogP contribution in [0.2, 0.25) is 0 Å². The molecule has 0 atom stereocenters. The van der Waals surface area contributed by atoms with E-state index in [2.05, 4.69) is 12.2 Å². The monoisotopic (exact) mass is 426 g/mol. The lowest BCUT2D eigenvalue weighted by molar-refractivity contribution is 0.102. The second kappa shape index (κ2) is 9.15. The van der Waals surface area contributed by atoms with Crippen molar-refractivity contribution in [3.8, 4) is 0 Å². The number of nitrogens with one attached hydrogen (secondary N) is 1. The summed E-state index contributed by atoms with van der Waals surface area (Å²) in [5.41, 5.74) is 1.69. The maximum atomic E-state index is 12.7. The quantitative estimate of drug-likeness (QED) is 0.547. The molecule has 0 fully saturated rings. The smallest absolute Gasteiger partial charge is 0.264 e. The number of amides is 1. The number of benzene rings is 3. The molecule has 0 radical (unpaired) electrons. The molecule has 0 unspecified atom stereocenters. The Hall–Kier alpha value is -2.77. The number of rotatable bonds is 7. The summed E-state index contributed by atoms with van der Waals surface area (Å²) >= 11 is 1.66. The number of sulfonamides is 1. The largest absolute Gasteiger partial charge is 0.321 e. The van der Waals surface area contributed by atoms with Gasteiger partial charge in [-0.2, -0.15) is 0 Å². The summed E-state index contributed by atoms with van der Waals surface area (Å²) in [7, 11) is -2.16. The third-order valence-electron chi connectivity index (χ3n) is 4.33. The molecule has 150 valence electrons. The number of para-hydroxylation sites is 1. The van der Waals surface area contributed by atoms with Crippen molar-refractivity contribution in [1.82, 2.24) is 0 Å². The van der Waals surface area contributed by atoms with Gasteiger partial charge in [0.15, 0.2) is 0 Å². The van der Waals surface area contributed by atoms with Gasteiger partial charge in [-0.05, 0) is 54.3 Å². The van der Waals surface area contributed by atoms with Crippen molar-refractivity contribution >= 4 is 39.1 Å². The van der Waals surface area contributed by atoms with Gasteiger partial charge in [0.25, 0.3) is 15.9 Å². The molecule has 0 saturated carbocycles. The fourth-order valence-corrected chi connectivity index (χ4v) is 4.73. The highest BCUT2D eigenvalue weighted by Crippen LogP contribution is 2.27. The van der Waals surface area contributed by atoms with Gasteiger partial charge in [0.05, 0.1) is 16.3 Å². The van der Waals surface area contributed by atoms with Gasteiger partial charge in [0, 0.05) is 17.5 Å².